The molecule has 0 saturated carbocycles. The summed E-state index contributed by atoms with van der Waals surface area (Å²) in [4.78, 5) is 18.3. The van der Waals surface area contributed by atoms with E-state index in [0.717, 1.165) is 67.0 Å². The van der Waals surface area contributed by atoms with Crippen molar-refractivity contribution in [2.45, 2.75) is 51.7 Å². The lowest BCUT2D eigenvalue weighted by atomic mass is 9.96. The molecule has 4 rings (SSSR count). The number of fused-ring (bicyclic) bond motifs is 3. The van der Waals surface area contributed by atoms with Crippen molar-refractivity contribution >= 4 is 22.8 Å². The first-order valence-electron chi connectivity index (χ1n) is 10.7. The maximum atomic E-state index is 11.9. The van der Waals surface area contributed by atoms with Gasteiger partial charge >= 0.3 is 6.09 Å². The van der Waals surface area contributed by atoms with Crippen LogP contribution in [0.5, 0.6) is 0 Å². The number of hydrogen-bond acceptors (Lipinski definition) is 5. The maximum Gasteiger partial charge on any atom is 0.412 e. The first-order valence-corrected chi connectivity index (χ1v) is 10.7. The van der Waals surface area contributed by atoms with Crippen LogP contribution in [0.2, 0.25) is 0 Å². The van der Waals surface area contributed by atoms with Crippen LogP contribution in [0.25, 0.3) is 11.0 Å². The second-order valence-corrected chi connectivity index (χ2v) is 7.83. The number of amides is 1. The molecule has 0 unspecified atom stereocenters. The molecular weight excluding hydrogens is 394 g/mol. The molecule has 9 nitrogen and oxygen atoms in total. The van der Waals surface area contributed by atoms with Gasteiger partial charge in [0.05, 0.1) is 22.8 Å². The molecular formula is C22H27N7O2. The lowest BCUT2D eigenvalue weighted by Gasteiger charge is -2.33. The molecule has 0 spiro atoms. The highest BCUT2D eigenvalue weighted by molar-refractivity contribution is 5.94. The van der Waals surface area contributed by atoms with Crippen molar-refractivity contribution in [3.63, 3.8) is 0 Å². The third-order valence-electron chi connectivity index (χ3n) is 5.85. The van der Waals surface area contributed by atoms with Gasteiger partial charge in [-0.05, 0) is 38.0 Å². The number of imidazole rings is 1. The zero-order chi connectivity index (χ0) is 21.8. The summed E-state index contributed by atoms with van der Waals surface area (Å²) >= 11 is 0. The molecule has 1 aliphatic rings. The molecule has 9 heteroatoms. The van der Waals surface area contributed by atoms with Crippen LogP contribution in [0.3, 0.4) is 0 Å². The zero-order valence-electron chi connectivity index (χ0n) is 17.7. The molecule has 0 saturated heterocycles. The van der Waals surface area contributed by atoms with Crippen molar-refractivity contribution < 1.29 is 9.90 Å². The van der Waals surface area contributed by atoms with Crippen molar-refractivity contribution in [2.24, 2.45) is 0 Å². The molecule has 0 aliphatic carbocycles. The Morgan fingerprint density at radius 2 is 2.23 bits per heavy atom. The second kappa shape index (κ2) is 9.18. The Labute approximate surface area is 180 Å². The van der Waals surface area contributed by atoms with Crippen molar-refractivity contribution in [3.8, 4) is 6.07 Å². The van der Waals surface area contributed by atoms with E-state index in [4.69, 9.17) is 10.2 Å². The van der Waals surface area contributed by atoms with Gasteiger partial charge in [-0.3, -0.25) is 9.58 Å². The van der Waals surface area contributed by atoms with E-state index in [9.17, 15) is 9.90 Å². The van der Waals surface area contributed by atoms with Gasteiger partial charge in [-0.1, -0.05) is 0 Å². The van der Waals surface area contributed by atoms with Gasteiger partial charge in [0, 0.05) is 63.0 Å². The molecule has 3 heterocycles. The van der Waals surface area contributed by atoms with Gasteiger partial charge in [-0.2, -0.15) is 10.4 Å². The monoisotopic (exact) mass is 421 g/mol. The molecule has 1 atom stereocenters. The Kier molecular flexibility index (Phi) is 6.18. The van der Waals surface area contributed by atoms with Crippen LogP contribution in [0.15, 0.2) is 30.6 Å². The minimum atomic E-state index is -0.923. The van der Waals surface area contributed by atoms with Gasteiger partial charge in [0.1, 0.15) is 5.82 Å². The van der Waals surface area contributed by atoms with E-state index in [-0.39, 0.29) is 6.04 Å². The molecule has 162 valence electrons. The molecule has 1 aromatic carbocycles. The molecule has 0 radical (unpaired) electrons. The summed E-state index contributed by atoms with van der Waals surface area (Å²) in [5, 5.41) is 26.0. The third-order valence-corrected chi connectivity index (χ3v) is 5.85. The molecule has 31 heavy (non-hydrogen) atoms. The van der Waals surface area contributed by atoms with E-state index in [1.807, 2.05) is 36.0 Å². The SMILES string of the molecule is C[C@H]1CCc2c(ccc3c2nc(CCn2cccn2)n3CCNCCC#N)N1C(=O)O. The van der Waals surface area contributed by atoms with Crippen LogP contribution in [-0.2, 0) is 25.9 Å². The number of anilines is 1. The molecule has 1 amide bonds. The van der Waals surface area contributed by atoms with Crippen molar-refractivity contribution in [1.29, 1.82) is 5.26 Å². The van der Waals surface area contributed by atoms with Gasteiger partial charge in [0.15, 0.2) is 0 Å². The van der Waals surface area contributed by atoms with Gasteiger partial charge < -0.3 is 15.0 Å². The summed E-state index contributed by atoms with van der Waals surface area (Å²) in [5.74, 6) is 0.960. The summed E-state index contributed by atoms with van der Waals surface area (Å²) < 4.78 is 4.10. The molecule has 0 fully saturated rings. The Bertz CT molecular complexity index is 1100. The highest BCUT2D eigenvalue weighted by atomic mass is 16.4. The van der Waals surface area contributed by atoms with Gasteiger partial charge in [0.25, 0.3) is 0 Å². The van der Waals surface area contributed by atoms with E-state index >= 15 is 0 Å². The number of hydrogen-bond donors (Lipinski definition) is 2. The third kappa shape index (κ3) is 4.25. The quantitative estimate of drug-likeness (QED) is 0.541. The van der Waals surface area contributed by atoms with Crippen LogP contribution in [-0.4, -0.2) is 49.7 Å². The van der Waals surface area contributed by atoms with Crippen molar-refractivity contribution in [2.75, 3.05) is 18.0 Å². The summed E-state index contributed by atoms with van der Waals surface area (Å²) in [6, 6.07) is 7.90. The molecule has 0 bridgehead atoms. The zero-order valence-corrected chi connectivity index (χ0v) is 17.7. The topological polar surface area (TPSA) is 112 Å². The van der Waals surface area contributed by atoms with Crippen LogP contribution < -0.4 is 10.2 Å². The number of rotatable bonds is 8. The smallest absolute Gasteiger partial charge is 0.412 e. The average Bonchev–Trinajstić information content (AvgIpc) is 3.39. The van der Waals surface area contributed by atoms with Crippen LogP contribution in [0.4, 0.5) is 10.5 Å². The Morgan fingerprint density at radius 1 is 1.35 bits per heavy atom. The summed E-state index contributed by atoms with van der Waals surface area (Å²) in [5.41, 5.74) is 3.67. The number of benzene rings is 1. The molecule has 2 aromatic heterocycles. The largest absolute Gasteiger partial charge is 0.465 e. The fourth-order valence-electron chi connectivity index (χ4n) is 4.32. The number of nitriles is 1. The van der Waals surface area contributed by atoms with Crippen LogP contribution in [0, 0.1) is 11.3 Å². The number of carboxylic acid groups (broad SMARTS) is 1. The van der Waals surface area contributed by atoms with Gasteiger partial charge in [-0.25, -0.2) is 9.78 Å². The van der Waals surface area contributed by atoms with E-state index in [2.05, 4.69) is 21.1 Å². The Balaban J connectivity index is 1.69. The van der Waals surface area contributed by atoms with E-state index < -0.39 is 6.09 Å². The lowest BCUT2D eigenvalue weighted by Crippen LogP contribution is -2.41. The molecule has 2 N–H and O–H groups in total. The van der Waals surface area contributed by atoms with E-state index in [1.165, 1.54) is 4.90 Å². The maximum absolute atomic E-state index is 11.9. The second-order valence-electron chi connectivity index (χ2n) is 7.83. The summed E-state index contributed by atoms with van der Waals surface area (Å²) in [6.07, 6.45) is 5.57. The highest BCUT2D eigenvalue weighted by Gasteiger charge is 2.30. The van der Waals surface area contributed by atoms with Crippen molar-refractivity contribution in [1.82, 2.24) is 24.6 Å². The number of aromatic nitrogens is 4. The molecule has 1 aliphatic heterocycles. The van der Waals surface area contributed by atoms with E-state index in [1.54, 1.807) is 6.20 Å². The minimum Gasteiger partial charge on any atom is -0.465 e. The number of carbonyl (C=O) groups is 1. The number of nitrogens with zero attached hydrogens (tertiary/aromatic N) is 6. The van der Waals surface area contributed by atoms with Gasteiger partial charge in [0.2, 0.25) is 0 Å². The Hall–Kier alpha value is -3.38. The first kappa shape index (κ1) is 20.9. The minimum absolute atomic E-state index is 0.0480. The average molecular weight is 422 g/mol. The summed E-state index contributed by atoms with van der Waals surface area (Å²) in [6.45, 7) is 4.79. The lowest BCUT2D eigenvalue weighted by molar-refractivity contribution is 0.198. The molecule has 3 aromatic rings. The summed E-state index contributed by atoms with van der Waals surface area (Å²) in [7, 11) is 0. The Morgan fingerprint density at radius 3 is 2.97 bits per heavy atom. The van der Waals surface area contributed by atoms with Crippen LogP contribution in [0.1, 0.15) is 31.2 Å². The normalized spacial score (nSPS) is 15.7. The highest BCUT2D eigenvalue weighted by Crippen LogP contribution is 2.36. The van der Waals surface area contributed by atoms with E-state index in [0.29, 0.717) is 13.0 Å². The fraction of sp³-hybridized carbons (Fsp3) is 0.455. The number of nitrogens with one attached hydrogen (secondary N) is 1. The van der Waals surface area contributed by atoms with Crippen LogP contribution >= 0.6 is 0 Å². The predicted octanol–water partition coefficient (Wildman–Crippen LogP) is 2.80. The first-order chi connectivity index (χ1) is 15.1. The van der Waals surface area contributed by atoms with Gasteiger partial charge in [-0.15, -0.1) is 0 Å². The fourth-order valence-corrected chi connectivity index (χ4v) is 4.32. The van der Waals surface area contributed by atoms with Crippen molar-refractivity contribution in [3.05, 3.63) is 42.0 Å². The number of aryl methyl sites for hydroxylation is 3. The predicted molar refractivity (Wildman–Crippen MR) is 117 cm³/mol. The standard InChI is InChI=1S/C22H27N7O2/c1-16-4-5-17-18(29(16)22(30)31)6-7-19-21(17)26-20(8-14-27-13-3-11-25-27)28(19)15-12-24-10-2-9-23/h3,6-7,11,13,16,24H,2,4-5,8,10,12,14-15H2,1H3,(H,30,31)/t16-/m0/s1.